The molecular weight excluding hydrogens is 330 g/mol. The van der Waals surface area contributed by atoms with Crippen LogP contribution in [0.1, 0.15) is 11.1 Å². The lowest BCUT2D eigenvalue weighted by atomic mass is 9.96. The summed E-state index contributed by atoms with van der Waals surface area (Å²) >= 11 is 0. The van der Waals surface area contributed by atoms with Crippen LogP contribution < -0.4 is 15.2 Å². The van der Waals surface area contributed by atoms with E-state index in [9.17, 15) is 18.9 Å². The fraction of sp³-hybridized carbons (Fsp3) is 0.133. The molecule has 0 saturated carbocycles. The normalized spacial score (nSPS) is 10.5. The first-order valence-electron chi connectivity index (χ1n) is 6.56. The molecule has 0 aliphatic rings. The van der Waals surface area contributed by atoms with Gasteiger partial charge in [0, 0.05) is 11.3 Å². The number of sulfonamides is 1. The van der Waals surface area contributed by atoms with Gasteiger partial charge in [0.1, 0.15) is 29.1 Å². The number of nitriles is 2. The van der Waals surface area contributed by atoms with Gasteiger partial charge in [-0.2, -0.15) is 15.5 Å². The van der Waals surface area contributed by atoms with Crippen molar-refractivity contribution in [3.8, 4) is 29.1 Å². The summed E-state index contributed by atoms with van der Waals surface area (Å²) in [5.74, 6) is -0.0379. The maximum Gasteiger partial charge on any atom is 0.234 e. The molecule has 8 nitrogen and oxygen atoms in total. The Balaban J connectivity index is 2.66. The number of anilines is 2. The topological polar surface area (TPSA) is 142 Å². The number of pyridine rings is 1. The molecule has 1 aromatic heterocycles. The standard InChI is InChI=1S/C15H13N5O3S/c1-23-15-12(8-17)13(11(7-16)14(18)19-15)9-3-5-10(6-4-9)20-24(2,21)22/h3-6,20H,1-2H3,(H2,18,19). The molecule has 0 aliphatic carbocycles. The second kappa shape index (κ2) is 6.44. The first kappa shape index (κ1) is 17.1. The summed E-state index contributed by atoms with van der Waals surface area (Å²) in [4.78, 5) is 3.90. The van der Waals surface area contributed by atoms with Crippen LogP contribution in [0.4, 0.5) is 11.5 Å². The van der Waals surface area contributed by atoms with Crippen molar-refractivity contribution in [2.45, 2.75) is 0 Å². The zero-order valence-electron chi connectivity index (χ0n) is 12.9. The van der Waals surface area contributed by atoms with Crippen LogP contribution in [0.15, 0.2) is 24.3 Å². The first-order chi connectivity index (χ1) is 11.3. The van der Waals surface area contributed by atoms with E-state index in [1.165, 1.54) is 19.2 Å². The maximum atomic E-state index is 11.2. The van der Waals surface area contributed by atoms with E-state index in [1.54, 1.807) is 12.1 Å². The Morgan fingerprint density at radius 3 is 2.21 bits per heavy atom. The molecule has 0 aliphatic heterocycles. The Hall–Kier alpha value is -3.30. The fourth-order valence-corrected chi connectivity index (χ4v) is 2.72. The zero-order valence-corrected chi connectivity index (χ0v) is 13.7. The number of hydrogen-bond acceptors (Lipinski definition) is 7. The van der Waals surface area contributed by atoms with Gasteiger partial charge in [-0.05, 0) is 17.7 Å². The molecule has 0 atom stereocenters. The van der Waals surface area contributed by atoms with E-state index in [4.69, 9.17) is 10.5 Å². The predicted octanol–water partition coefficient (Wildman–Crippen LogP) is 1.45. The molecule has 9 heteroatoms. The number of rotatable bonds is 4. The minimum atomic E-state index is -3.40. The number of hydrogen-bond donors (Lipinski definition) is 2. The molecule has 3 N–H and O–H groups in total. The summed E-state index contributed by atoms with van der Waals surface area (Å²) < 4.78 is 29.9. The molecule has 0 amide bonds. The van der Waals surface area contributed by atoms with Crippen molar-refractivity contribution in [1.29, 1.82) is 10.5 Å². The van der Waals surface area contributed by atoms with E-state index >= 15 is 0 Å². The van der Waals surface area contributed by atoms with Crippen LogP contribution >= 0.6 is 0 Å². The summed E-state index contributed by atoms with van der Waals surface area (Å²) in [5.41, 5.74) is 7.05. The SMILES string of the molecule is COc1nc(N)c(C#N)c(-c2ccc(NS(C)(=O)=O)cc2)c1C#N. The molecule has 2 aromatic rings. The van der Waals surface area contributed by atoms with Gasteiger partial charge in [0.25, 0.3) is 0 Å². The highest BCUT2D eigenvalue weighted by molar-refractivity contribution is 7.92. The molecule has 0 unspecified atom stereocenters. The average molecular weight is 343 g/mol. The molecule has 0 bridgehead atoms. The van der Waals surface area contributed by atoms with Crippen molar-refractivity contribution in [1.82, 2.24) is 4.98 Å². The lowest BCUT2D eigenvalue weighted by Crippen LogP contribution is -2.09. The Morgan fingerprint density at radius 2 is 1.75 bits per heavy atom. The number of nitrogens with one attached hydrogen (secondary N) is 1. The lowest BCUT2D eigenvalue weighted by Gasteiger charge is -2.12. The summed E-state index contributed by atoms with van der Waals surface area (Å²) in [7, 11) is -2.06. The van der Waals surface area contributed by atoms with Crippen molar-refractivity contribution < 1.29 is 13.2 Å². The van der Waals surface area contributed by atoms with E-state index in [0.717, 1.165) is 6.26 Å². The molecule has 24 heavy (non-hydrogen) atoms. The van der Waals surface area contributed by atoms with Crippen LogP contribution in [0.25, 0.3) is 11.1 Å². The third-order valence-corrected chi connectivity index (χ3v) is 3.69. The summed E-state index contributed by atoms with van der Waals surface area (Å²) in [6.45, 7) is 0. The van der Waals surface area contributed by atoms with Crippen molar-refractivity contribution in [2.24, 2.45) is 0 Å². The number of ether oxygens (including phenoxy) is 1. The molecule has 0 fully saturated rings. The second-order valence-corrected chi connectivity index (χ2v) is 6.55. The van der Waals surface area contributed by atoms with Gasteiger partial charge in [-0.15, -0.1) is 0 Å². The minimum absolute atomic E-state index is 0.0161. The summed E-state index contributed by atoms with van der Waals surface area (Å²) in [6.07, 6.45) is 1.04. The molecular formula is C15H13N5O3S. The van der Waals surface area contributed by atoms with Gasteiger partial charge < -0.3 is 10.5 Å². The predicted molar refractivity (Wildman–Crippen MR) is 88.5 cm³/mol. The van der Waals surface area contributed by atoms with Gasteiger partial charge in [-0.1, -0.05) is 12.1 Å². The molecule has 0 radical (unpaired) electrons. The highest BCUT2D eigenvalue weighted by Gasteiger charge is 2.20. The van der Waals surface area contributed by atoms with Gasteiger partial charge in [0.15, 0.2) is 0 Å². The summed E-state index contributed by atoms with van der Waals surface area (Å²) in [5, 5.41) is 18.7. The highest BCUT2D eigenvalue weighted by atomic mass is 32.2. The third-order valence-electron chi connectivity index (χ3n) is 3.09. The number of nitrogens with two attached hydrogens (primary N) is 1. The highest BCUT2D eigenvalue weighted by Crippen LogP contribution is 2.35. The van der Waals surface area contributed by atoms with E-state index < -0.39 is 10.0 Å². The molecule has 0 spiro atoms. The Kier molecular flexibility index (Phi) is 4.58. The monoisotopic (exact) mass is 343 g/mol. The summed E-state index contributed by atoms with van der Waals surface area (Å²) in [6, 6.07) is 10.1. The van der Waals surface area contributed by atoms with E-state index in [1.807, 2.05) is 12.1 Å². The van der Waals surface area contributed by atoms with Gasteiger partial charge in [0.2, 0.25) is 15.9 Å². The number of nitrogen functional groups attached to an aromatic ring is 1. The molecule has 0 saturated heterocycles. The molecule has 1 aromatic carbocycles. The average Bonchev–Trinajstić information content (AvgIpc) is 2.53. The van der Waals surface area contributed by atoms with Crippen LogP contribution in [0.2, 0.25) is 0 Å². The Labute approximate surface area is 139 Å². The quantitative estimate of drug-likeness (QED) is 0.855. The van der Waals surface area contributed by atoms with Crippen LogP contribution in [-0.4, -0.2) is 26.8 Å². The Bertz CT molecular complexity index is 970. The molecule has 2 rings (SSSR count). The number of aromatic nitrogens is 1. The fourth-order valence-electron chi connectivity index (χ4n) is 2.15. The van der Waals surface area contributed by atoms with Crippen molar-refractivity contribution in [3.05, 3.63) is 35.4 Å². The minimum Gasteiger partial charge on any atom is -0.480 e. The largest absolute Gasteiger partial charge is 0.480 e. The van der Waals surface area contributed by atoms with E-state index in [0.29, 0.717) is 11.3 Å². The van der Waals surface area contributed by atoms with E-state index in [2.05, 4.69) is 9.71 Å². The van der Waals surface area contributed by atoms with Crippen LogP contribution in [0.3, 0.4) is 0 Å². The van der Waals surface area contributed by atoms with Crippen LogP contribution in [-0.2, 0) is 10.0 Å². The lowest BCUT2D eigenvalue weighted by molar-refractivity contribution is 0.397. The zero-order chi connectivity index (χ0) is 17.9. The van der Waals surface area contributed by atoms with Gasteiger partial charge in [-0.3, -0.25) is 4.72 Å². The van der Waals surface area contributed by atoms with E-state index in [-0.39, 0.29) is 28.4 Å². The second-order valence-electron chi connectivity index (χ2n) is 4.81. The smallest absolute Gasteiger partial charge is 0.234 e. The van der Waals surface area contributed by atoms with Crippen LogP contribution in [0.5, 0.6) is 5.88 Å². The van der Waals surface area contributed by atoms with Crippen LogP contribution in [0, 0.1) is 22.7 Å². The number of nitrogens with zero attached hydrogens (tertiary/aromatic N) is 3. The Morgan fingerprint density at radius 1 is 1.17 bits per heavy atom. The third kappa shape index (κ3) is 3.37. The molecule has 122 valence electrons. The van der Waals surface area contributed by atoms with Crippen molar-refractivity contribution >= 4 is 21.5 Å². The van der Waals surface area contributed by atoms with Crippen molar-refractivity contribution in [3.63, 3.8) is 0 Å². The first-order valence-corrected chi connectivity index (χ1v) is 8.45. The maximum absolute atomic E-state index is 11.2. The molecule has 1 heterocycles. The van der Waals surface area contributed by atoms with Gasteiger partial charge in [-0.25, -0.2) is 8.42 Å². The number of methoxy groups -OCH3 is 1. The number of benzene rings is 1. The van der Waals surface area contributed by atoms with Gasteiger partial charge >= 0.3 is 0 Å². The van der Waals surface area contributed by atoms with Gasteiger partial charge in [0.05, 0.1) is 13.4 Å². The van der Waals surface area contributed by atoms with Crippen molar-refractivity contribution in [2.75, 3.05) is 23.8 Å².